The predicted octanol–water partition coefficient (Wildman–Crippen LogP) is 5.64. The topological polar surface area (TPSA) is 12.4 Å². The molecule has 3 rings (SSSR count). The summed E-state index contributed by atoms with van der Waals surface area (Å²) in [5.74, 6) is 0. The quantitative estimate of drug-likeness (QED) is 0.394. The first-order valence-electron chi connectivity index (χ1n) is 8.48. The summed E-state index contributed by atoms with van der Waals surface area (Å²) in [7, 11) is 0. The maximum atomic E-state index is 5.28. The van der Waals surface area contributed by atoms with Gasteiger partial charge in [-0.15, -0.1) is 0 Å². The number of hydrogen-bond donors (Lipinski definition) is 0. The molecule has 0 radical (unpaired) electrons. The Balaban J connectivity index is 2.03. The molecule has 1 saturated carbocycles. The summed E-state index contributed by atoms with van der Waals surface area (Å²) in [4.78, 5) is 5.28. The number of nitrogens with zero attached hydrogens (tertiary/aromatic N) is 1. The van der Waals surface area contributed by atoms with Crippen LogP contribution < -0.4 is 0 Å². The molecule has 0 saturated heterocycles. The molecule has 1 fully saturated rings. The minimum atomic E-state index is 0.0809. The second kappa shape index (κ2) is 6.91. The van der Waals surface area contributed by atoms with Gasteiger partial charge >= 0.3 is 0 Å². The Morgan fingerprint density at radius 2 is 1.18 bits per heavy atom. The molecule has 0 aliphatic heterocycles. The first-order valence-corrected chi connectivity index (χ1v) is 8.48. The fourth-order valence-electron chi connectivity index (χ4n) is 3.36. The second-order valence-electron chi connectivity index (χ2n) is 6.60. The Labute approximate surface area is 134 Å². The van der Waals surface area contributed by atoms with Crippen LogP contribution in [0, 0.1) is 0 Å². The zero-order chi connectivity index (χ0) is 15.3. The smallest absolute Gasteiger partial charge is 0.0725 e. The van der Waals surface area contributed by atoms with Crippen molar-refractivity contribution < 1.29 is 0 Å². The van der Waals surface area contributed by atoms with Gasteiger partial charge in [0, 0.05) is 11.1 Å². The minimum absolute atomic E-state index is 0.0809. The third-order valence-electron chi connectivity index (χ3n) is 4.66. The Morgan fingerprint density at radius 3 is 1.64 bits per heavy atom. The summed E-state index contributed by atoms with van der Waals surface area (Å²) in [6.45, 7) is 2.34. The van der Waals surface area contributed by atoms with E-state index in [0.717, 1.165) is 5.71 Å². The van der Waals surface area contributed by atoms with Crippen LogP contribution in [0.25, 0.3) is 0 Å². The maximum Gasteiger partial charge on any atom is 0.0725 e. The molecule has 1 aliphatic rings. The van der Waals surface area contributed by atoms with Crippen molar-refractivity contribution in [3.8, 4) is 0 Å². The predicted molar refractivity (Wildman–Crippen MR) is 94.6 cm³/mol. The van der Waals surface area contributed by atoms with E-state index in [-0.39, 0.29) is 5.54 Å². The second-order valence-corrected chi connectivity index (χ2v) is 6.60. The molecule has 2 aromatic rings. The van der Waals surface area contributed by atoms with Gasteiger partial charge in [-0.2, -0.15) is 0 Å². The molecular weight excluding hydrogens is 267 g/mol. The van der Waals surface area contributed by atoms with Crippen molar-refractivity contribution in [2.45, 2.75) is 51.0 Å². The lowest BCUT2D eigenvalue weighted by molar-refractivity contribution is 0.413. The molecule has 1 nitrogen and oxygen atoms in total. The molecule has 0 bridgehead atoms. The van der Waals surface area contributed by atoms with Crippen LogP contribution in [0.15, 0.2) is 65.7 Å². The molecule has 2 aromatic carbocycles. The Kier molecular flexibility index (Phi) is 4.72. The largest absolute Gasteiger partial charge is 0.278 e. The highest BCUT2D eigenvalue weighted by molar-refractivity contribution is 6.13. The number of benzene rings is 2. The van der Waals surface area contributed by atoms with E-state index in [4.69, 9.17) is 4.99 Å². The fraction of sp³-hybridized carbons (Fsp3) is 0.381. The maximum absolute atomic E-state index is 5.28. The van der Waals surface area contributed by atoms with E-state index in [1.54, 1.807) is 0 Å². The van der Waals surface area contributed by atoms with Gasteiger partial charge in [0.25, 0.3) is 0 Å². The highest BCUT2D eigenvalue weighted by Crippen LogP contribution is 2.31. The van der Waals surface area contributed by atoms with Crippen LogP contribution in [0.2, 0.25) is 0 Å². The molecule has 114 valence electrons. The number of aliphatic imine (C=N–C) groups is 1. The summed E-state index contributed by atoms with van der Waals surface area (Å²) in [6, 6.07) is 21.2. The summed E-state index contributed by atoms with van der Waals surface area (Å²) < 4.78 is 0. The summed E-state index contributed by atoms with van der Waals surface area (Å²) in [6.07, 6.45) is 7.73. The van der Waals surface area contributed by atoms with Crippen molar-refractivity contribution in [3.63, 3.8) is 0 Å². The standard InChI is InChI=1S/C21H25N/c1-21(16-10-2-3-11-17-21)22-20(18-12-6-4-7-13-18)19-14-8-5-9-15-19/h4-9,12-15H,2-3,10-11,16-17H2,1H3/i22+1. The van der Waals surface area contributed by atoms with Crippen molar-refractivity contribution in [2.75, 3.05) is 0 Å². The van der Waals surface area contributed by atoms with Crippen molar-refractivity contribution >= 4 is 5.71 Å². The van der Waals surface area contributed by atoms with Crippen LogP contribution in [0.1, 0.15) is 56.6 Å². The molecule has 1 heteroatoms. The SMILES string of the molecule is CC1([15N]=C(c2ccccc2)c2ccccc2)CCCCCC1. The molecule has 0 spiro atoms. The van der Waals surface area contributed by atoms with E-state index in [1.165, 1.54) is 49.7 Å². The first kappa shape index (κ1) is 15.0. The monoisotopic (exact) mass is 292 g/mol. The van der Waals surface area contributed by atoms with Gasteiger partial charge in [0.15, 0.2) is 0 Å². The van der Waals surface area contributed by atoms with Crippen LogP contribution in [-0.2, 0) is 0 Å². The zero-order valence-electron chi connectivity index (χ0n) is 13.5. The van der Waals surface area contributed by atoms with Gasteiger partial charge < -0.3 is 0 Å². The lowest BCUT2D eigenvalue weighted by Crippen LogP contribution is -2.23. The van der Waals surface area contributed by atoms with Gasteiger partial charge in [0.2, 0.25) is 0 Å². The van der Waals surface area contributed by atoms with Crippen LogP contribution in [0.3, 0.4) is 0 Å². The minimum Gasteiger partial charge on any atom is -0.278 e. The molecular formula is C21H25N. The van der Waals surface area contributed by atoms with Gasteiger partial charge in [0.1, 0.15) is 0 Å². The van der Waals surface area contributed by atoms with Crippen molar-refractivity contribution in [3.05, 3.63) is 71.8 Å². The van der Waals surface area contributed by atoms with E-state index in [1.807, 2.05) is 0 Å². The molecule has 0 atom stereocenters. The highest BCUT2D eigenvalue weighted by Gasteiger charge is 2.25. The van der Waals surface area contributed by atoms with Gasteiger partial charge in [0.05, 0.1) is 11.3 Å². The van der Waals surface area contributed by atoms with Crippen LogP contribution >= 0.6 is 0 Å². The van der Waals surface area contributed by atoms with E-state index < -0.39 is 0 Å². The van der Waals surface area contributed by atoms with Gasteiger partial charge in [-0.3, -0.25) is 4.99 Å². The third-order valence-corrected chi connectivity index (χ3v) is 4.66. The van der Waals surface area contributed by atoms with E-state index in [0.29, 0.717) is 0 Å². The fourth-order valence-corrected chi connectivity index (χ4v) is 3.36. The average molecular weight is 292 g/mol. The first-order chi connectivity index (χ1) is 10.8. The molecule has 0 aromatic heterocycles. The van der Waals surface area contributed by atoms with Crippen molar-refractivity contribution in [1.82, 2.24) is 0 Å². The Hall–Kier alpha value is -1.89. The van der Waals surface area contributed by atoms with Gasteiger partial charge in [-0.1, -0.05) is 86.3 Å². The summed E-state index contributed by atoms with van der Waals surface area (Å²) >= 11 is 0. The number of hydrogen-bond acceptors (Lipinski definition) is 1. The van der Waals surface area contributed by atoms with Gasteiger partial charge in [-0.25, -0.2) is 0 Å². The molecule has 0 heterocycles. The highest BCUT2D eigenvalue weighted by atomic mass is 15.6. The molecule has 0 unspecified atom stereocenters. The average Bonchev–Trinajstić information content (AvgIpc) is 2.79. The van der Waals surface area contributed by atoms with E-state index in [2.05, 4.69) is 67.6 Å². The van der Waals surface area contributed by atoms with E-state index >= 15 is 0 Å². The normalized spacial score (nSPS) is 17.5. The van der Waals surface area contributed by atoms with Crippen molar-refractivity contribution in [2.24, 2.45) is 4.99 Å². The zero-order valence-corrected chi connectivity index (χ0v) is 13.5. The van der Waals surface area contributed by atoms with E-state index in [9.17, 15) is 0 Å². The summed E-state index contributed by atoms with van der Waals surface area (Å²) in [5.41, 5.74) is 3.67. The van der Waals surface area contributed by atoms with Crippen LogP contribution in [0.4, 0.5) is 0 Å². The van der Waals surface area contributed by atoms with Gasteiger partial charge in [-0.05, 0) is 19.8 Å². The number of rotatable bonds is 3. The lowest BCUT2D eigenvalue weighted by atomic mass is 9.94. The lowest BCUT2D eigenvalue weighted by Gasteiger charge is -2.25. The van der Waals surface area contributed by atoms with Crippen molar-refractivity contribution in [1.29, 1.82) is 0 Å². The molecule has 22 heavy (non-hydrogen) atoms. The molecule has 0 amide bonds. The van der Waals surface area contributed by atoms with Crippen LogP contribution in [0.5, 0.6) is 0 Å². The Bertz CT molecular complexity index is 563. The third kappa shape index (κ3) is 3.65. The summed E-state index contributed by atoms with van der Waals surface area (Å²) in [5, 5.41) is 0. The molecule has 0 N–H and O–H groups in total. The van der Waals surface area contributed by atoms with Crippen LogP contribution in [-0.4, -0.2) is 11.3 Å². The molecule has 1 aliphatic carbocycles. The Morgan fingerprint density at radius 1 is 0.727 bits per heavy atom.